The number of hydrogen-bond acceptors (Lipinski definition) is 4. The summed E-state index contributed by atoms with van der Waals surface area (Å²) < 4.78 is 10.5. The molecule has 0 aliphatic carbocycles. The lowest BCUT2D eigenvalue weighted by Gasteiger charge is -2.15. The molecule has 0 amide bonds. The SMILES string of the molecule is COc1cc(OC)c(Cl)c(-c2ccc(C=N)c(N)c2)c1Cl. The molecule has 0 heterocycles. The fourth-order valence-corrected chi connectivity index (χ4v) is 2.72. The summed E-state index contributed by atoms with van der Waals surface area (Å²) in [5.74, 6) is 0.922. The number of nitrogens with one attached hydrogen (secondary N) is 1. The molecule has 3 N–H and O–H groups in total. The summed E-state index contributed by atoms with van der Waals surface area (Å²) in [7, 11) is 3.04. The average molecular weight is 325 g/mol. The molecule has 2 aromatic carbocycles. The minimum absolute atomic E-state index is 0.380. The van der Waals surface area contributed by atoms with Crippen LogP contribution in [0, 0.1) is 5.41 Å². The van der Waals surface area contributed by atoms with Gasteiger partial charge in [0, 0.05) is 29.1 Å². The second kappa shape index (κ2) is 6.24. The largest absolute Gasteiger partial charge is 0.495 e. The van der Waals surface area contributed by atoms with Crippen molar-refractivity contribution in [3.05, 3.63) is 39.9 Å². The van der Waals surface area contributed by atoms with Crippen LogP contribution >= 0.6 is 23.2 Å². The molecule has 0 aromatic heterocycles. The summed E-state index contributed by atoms with van der Waals surface area (Å²) in [4.78, 5) is 0. The smallest absolute Gasteiger partial charge is 0.141 e. The molecular formula is C15H14Cl2N2O2. The monoisotopic (exact) mass is 324 g/mol. The average Bonchev–Trinajstić information content (AvgIpc) is 2.48. The summed E-state index contributed by atoms with van der Waals surface area (Å²) in [5.41, 5.74) is 8.31. The molecule has 0 atom stereocenters. The van der Waals surface area contributed by atoms with E-state index in [-0.39, 0.29) is 0 Å². The Kier molecular flexibility index (Phi) is 4.60. The third kappa shape index (κ3) is 2.77. The highest BCUT2D eigenvalue weighted by molar-refractivity contribution is 6.41. The molecule has 6 heteroatoms. The van der Waals surface area contributed by atoms with E-state index in [2.05, 4.69) is 0 Å². The number of anilines is 1. The number of halogens is 2. The highest BCUT2D eigenvalue weighted by atomic mass is 35.5. The van der Waals surface area contributed by atoms with E-state index < -0.39 is 0 Å². The molecule has 0 radical (unpaired) electrons. The van der Waals surface area contributed by atoms with Crippen LogP contribution in [0.3, 0.4) is 0 Å². The van der Waals surface area contributed by atoms with Crippen LogP contribution in [0.1, 0.15) is 5.56 Å². The van der Waals surface area contributed by atoms with Gasteiger partial charge in [0.05, 0.1) is 24.3 Å². The van der Waals surface area contributed by atoms with Gasteiger partial charge in [0.1, 0.15) is 11.5 Å². The molecule has 0 unspecified atom stereocenters. The van der Waals surface area contributed by atoms with Gasteiger partial charge in [-0.05, 0) is 11.6 Å². The van der Waals surface area contributed by atoms with Gasteiger partial charge in [-0.15, -0.1) is 0 Å². The zero-order valence-electron chi connectivity index (χ0n) is 11.5. The Balaban J connectivity index is 2.73. The Morgan fingerprint density at radius 3 is 2.05 bits per heavy atom. The zero-order chi connectivity index (χ0) is 15.6. The van der Waals surface area contributed by atoms with E-state index in [1.54, 1.807) is 24.3 Å². The molecule has 2 aromatic rings. The lowest BCUT2D eigenvalue weighted by molar-refractivity contribution is 0.395. The van der Waals surface area contributed by atoms with Crippen LogP contribution in [0.4, 0.5) is 5.69 Å². The van der Waals surface area contributed by atoms with E-state index >= 15 is 0 Å². The quantitative estimate of drug-likeness (QED) is 0.652. The number of rotatable bonds is 4. The predicted molar refractivity (Wildman–Crippen MR) is 87.3 cm³/mol. The van der Waals surface area contributed by atoms with Crippen LogP contribution < -0.4 is 15.2 Å². The van der Waals surface area contributed by atoms with Crippen molar-refractivity contribution >= 4 is 35.1 Å². The fraction of sp³-hybridized carbons (Fsp3) is 0.133. The Morgan fingerprint density at radius 1 is 1.05 bits per heavy atom. The Labute approximate surface area is 132 Å². The van der Waals surface area contributed by atoms with E-state index in [0.29, 0.717) is 38.4 Å². The molecular weight excluding hydrogens is 311 g/mol. The van der Waals surface area contributed by atoms with Crippen molar-refractivity contribution in [3.8, 4) is 22.6 Å². The fourth-order valence-electron chi connectivity index (χ4n) is 2.00. The van der Waals surface area contributed by atoms with Gasteiger partial charge in [-0.1, -0.05) is 35.3 Å². The Morgan fingerprint density at radius 2 is 1.62 bits per heavy atom. The van der Waals surface area contributed by atoms with E-state index in [9.17, 15) is 0 Å². The van der Waals surface area contributed by atoms with Gasteiger partial charge in [0.2, 0.25) is 0 Å². The second-order valence-electron chi connectivity index (χ2n) is 4.27. The lowest BCUT2D eigenvalue weighted by Crippen LogP contribution is -1.96. The maximum atomic E-state index is 7.27. The Hall–Kier alpha value is -1.91. The summed E-state index contributed by atoms with van der Waals surface area (Å²) in [6, 6.07) is 6.87. The number of nitrogens with two attached hydrogens (primary N) is 1. The maximum absolute atomic E-state index is 7.27. The highest BCUT2D eigenvalue weighted by Gasteiger charge is 2.19. The molecule has 4 nitrogen and oxygen atoms in total. The first-order valence-corrected chi connectivity index (χ1v) is 6.79. The normalized spacial score (nSPS) is 10.3. The number of nitrogen functional groups attached to an aromatic ring is 1. The Bertz CT molecular complexity index is 674. The van der Waals surface area contributed by atoms with Crippen molar-refractivity contribution < 1.29 is 9.47 Å². The first-order chi connectivity index (χ1) is 10.0. The van der Waals surface area contributed by atoms with Crippen molar-refractivity contribution in [2.45, 2.75) is 0 Å². The van der Waals surface area contributed by atoms with Gasteiger partial charge in [0.25, 0.3) is 0 Å². The summed E-state index contributed by atoms with van der Waals surface area (Å²) in [6.07, 6.45) is 1.19. The molecule has 0 saturated carbocycles. The van der Waals surface area contributed by atoms with Gasteiger partial charge >= 0.3 is 0 Å². The first-order valence-electron chi connectivity index (χ1n) is 6.03. The summed E-state index contributed by atoms with van der Waals surface area (Å²) >= 11 is 12.7. The molecule has 0 fully saturated rings. The third-order valence-corrected chi connectivity index (χ3v) is 3.86. The van der Waals surface area contributed by atoms with Crippen molar-refractivity contribution in [2.75, 3.05) is 20.0 Å². The predicted octanol–water partition coefficient (Wildman–Crippen LogP) is 4.26. The van der Waals surface area contributed by atoms with Crippen molar-refractivity contribution in [1.29, 1.82) is 5.41 Å². The van der Waals surface area contributed by atoms with Crippen molar-refractivity contribution in [3.63, 3.8) is 0 Å². The molecule has 2 rings (SSSR count). The van der Waals surface area contributed by atoms with Gasteiger partial charge < -0.3 is 20.6 Å². The van der Waals surface area contributed by atoms with Crippen molar-refractivity contribution in [2.24, 2.45) is 0 Å². The molecule has 0 aliphatic rings. The zero-order valence-corrected chi connectivity index (χ0v) is 13.0. The molecule has 0 spiro atoms. The van der Waals surface area contributed by atoms with Crippen LogP contribution in [0.25, 0.3) is 11.1 Å². The lowest BCUT2D eigenvalue weighted by atomic mass is 10.0. The second-order valence-corrected chi connectivity index (χ2v) is 5.03. The minimum Gasteiger partial charge on any atom is -0.495 e. The van der Waals surface area contributed by atoms with Gasteiger partial charge in [-0.3, -0.25) is 0 Å². The van der Waals surface area contributed by atoms with E-state index in [4.69, 9.17) is 43.8 Å². The molecule has 110 valence electrons. The van der Waals surface area contributed by atoms with Crippen LogP contribution in [0.15, 0.2) is 24.3 Å². The number of hydrogen-bond donors (Lipinski definition) is 2. The number of benzene rings is 2. The van der Waals surface area contributed by atoms with E-state index in [1.165, 1.54) is 20.4 Å². The molecule has 0 aliphatic heterocycles. The third-order valence-electron chi connectivity index (χ3n) is 3.10. The summed E-state index contributed by atoms with van der Waals surface area (Å²) in [5, 5.41) is 8.03. The van der Waals surface area contributed by atoms with Crippen LogP contribution in [0.2, 0.25) is 10.0 Å². The van der Waals surface area contributed by atoms with Crippen LogP contribution in [0.5, 0.6) is 11.5 Å². The minimum atomic E-state index is 0.380. The molecule has 21 heavy (non-hydrogen) atoms. The number of ether oxygens (including phenoxy) is 2. The van der Waals surface area contributed by atoms with Gasteiger partial charge in [-0.2, -0.15) is 0 Å². The van der Waals surface area contributed by atoms with E-state index in [1.807, 2.05) is 0 Å². The summed E-state index contributed by atoms with van der Waals surface area (Å²) in [6.45, 7) is 0. The molecule has 0 bridgehead atoms. The van der Waals surface area contributed by atoms with Gasteiger partial charge in [0.15, 0.2) is 0 Å². The molecule has 0 saturated heterocycles. The highest BCUT2D eigenvalue weighted by Crippen LogP contribution is 2.46. The van der Waals surface area contributed by atoms with Crippen molar-refractivity contribution in [1.82, 2.24) is 0 Å². The number of methoxy groups -OCH3 is 2. The topological polar surface area (TPSA) is 68.3 Å². The maximum Gasteiger partial charge on any atom is 0.141 e. The van der Waals surface area contributed by atoms with Crippen LogP contribution in [-0.2, 0) is 0 Å². The standard InChI is InChI=1S/C15H14Cl2N2O2/c1-20-11-6-12(21-2)15(17)13(14(11)16)8-3-4-9(7-18)10(19)5-8/h3-7,18H,19H2,1-2H3. The first kappa shape index (κ1) is 15.5. The van der Waals surface area contributed by atoms with Gasteiger partial charge in [-0.25, -0.2) is 0 Å². The van der Waals surface area contributed by atoms with Crippen LogP contribution in [-0.4, -0.2) is 20.4 Å². The van der Waals surface area contributed by atoms with E-state index in [0.717, 1.165) is 5.56 Å².